The summed E-state index contributed by atoms with van der Waals surface area (Å²) in [5, 5.41) is 18.3. The quantitative estimate of drug-likeness (QED) is 0.0180. The Morgan fingerprint density at radius 3 is 1.57 bits per heavy atom. The van der Waals surface area contributed by atoms with Gasteiger partial charge in [0.1, 0.15) is 12.7 Å². The molecule has 3 N–H and O–H groups in total. The van der Waals surface area contributed by atoms with Crippen LogP contribution in [0.15, 0.2) is 109 Å². The Bertz CT molecular complexity index is 1320. The van der Waals surface area contributed by atoms with E-state index in [2.05, 4.69) is 91.3 Å². The van der Waals surface area contributed by atoms with Crippen LogP contribution in [-0.2, 0) is 32.7 Å². The summed E-state index contributed by atoms with van der Waals surface area (Å²) in [4.78, 5) is 35.0. The minimum absolute atomic E-state index is 0.127. The molecule has 11 heteroatoms. The molecule has 0 saturated heterocycles. The standard InChI is InChI=1S/C47H75O10P/c1-3-5-7-9-11-13-15-17-18-19-20-21-22-23-24-25-27-28-30-32-34-36-38-46(50)54-42-45(43-56-58(52,53)55-41-44(49)40-48)57-47(51)39-37-35-33-31-29-26-16-14-12-10-8-6-4-2/h5-8,10-14,16-18,20-21,23-24,26,29,44-45,48-49H,3-4,9,15,19,22,25,27-28,30-43H2,1-2H3,(H,52,53)/b7-5+,8-6+,12-10+,13-11+,16-14+,18-17+,21-20+,24-23+,29-26+/t44-,45?/m1/s1. The summed E-state index contributed by atoms with van der Waals surface area (Å²) in [6.45, 7) is 2.02. The molecule has 0 bridgehead atoms. The zero-order valence-electron chi connectivity index (χ0n) is 35.5. The maximum absolute atomic E-state index is 12.6. The highest BCUT2D eigenvalue weighted by molar-refractivity contribution is 7.47. The molecule has 0 heterocycles. The molecular formula is C47H75O10P. The van der Waals surface area contributed by atoms with Crippen LogP contribution in [0.4, 0.5) is 0 Å². The lowest BCUT2D eigenvalue weighted by Crippen LogP contribution is -2.29. The van der Waals surface area contributed by atoms with Crippen LogP contribution in [0.1, 0.15) is 136 Å². The van der Waals surface area contributed by atoms with Crippen molar-refractivity contribution in [2.45, 2.75) is 148 Å². The SMILES string of the molecule is CC/C=C/C=C/C=C/C=C/CCCCCC(=O)OC(COC(=O)CCCCCCCC/C=C/C/C=C/C/C=C/C/C=C/C/C=C/CC)COP(=O)(O)OC[C@H](O)CO. The number of carbonyl (C=O) groups is 2. The molecule has 0 aromatic carbocycles. The Kier molecular flexibility index (Phi) is 39.4. The van der Waals surface area contributed by atoms with E-state index in [-0.39, 0.29) is 19.4 Å². The van der Waals surface area contributed by atoms with Crippen molar-refractivity contribution in [3.8, 4) is 0 Å². The molecule has 0 aromatic heterocycles. The predicted octanol–water partition coefficient (Wildman–Crippen LogP) is 11.4. The van der Waals surface area contributed by atoms with Crippen molar-refractivity contribution in [3.05, 3.63) is 109 Å². The van der Waals surface area contributed by atoms with E-state index in [4.69, 9.17) is 19.1 Å². The van der Waals surface area contributed by atoms with E-state index in [9.17, 15) is 24.2 Å². The Hall–Kier alpha value is -3.37. The smallest absolute Gasteiger partial charge is 0.462 e. The third-order valence-corrected chi connectivity index (χ3v) is 9.22. The number of aliphatic hydroxyl groups excluding tert-OH is 2. The first-order chi connectivity index (χ1) is 28.2. The van der Waals surface area contributed by atoms with Gasteiger partial charge in [-0.25, -0.2) is 4.57 Å². The van der Waals surface area contributed by atoms with Gasteiger partial charge in [0.25, 0.3) is 0 Å². The van der Waals surface area contributed by atoms with Crippen molar-refractivity contribution in [1.29, 1.82) is 0 Å². The van der Waals surface area contributed by atoms with Crippen molar-refractivity contribution in [3.63, 3.8) is 0 Å². The minimum Gasteiger partial charge on any atom is -0.462 e. The molecule has 0 amide bonds. The van der Waals surface area contributed by atoms with Crippen molar-refractivity contribution < 1.29 is 47.8 Å². The predicted molar refractivity (Wildman–Crippen MR) is 237 cm³/mol. The number of hydrogen-bond acceptors (Lipinski definition) is 9. The second-order valence-electron chi connectivity index (χ2n) is 13.7. The van der Waals surface area contributed by atoms with Gasteiger partial charge in [-0.3, -0.25) is 18.6 Å². The second-order valence-corrected chi connectivity index (χ2v) is 15.1. The Balaban J connectivity index is 4.36. The number of phosphoric ester groups is 1. The molecule has 0 saturated carbocycles. The molecule has 0 rings (SSSR count). The summed E-state index contributed by atoms with van der Waals surface area (Å²) in [7, 11) is -4.64. The molecule has 0 aliphatic heterocycles. The number of rotatable bonds is 38. The lowest BCUT2D eigenvalue weighted by Gasteiger charge is -2.20. The van der Waals surface area contributed by atoms with Gasteiger partial charge in [0, 0.05) is 12.8 Å². The Morgan fingerprint density at radius 1 is 0.534 bits per heavy atom. The van der Waals surface area contributed by atoms with Crippen LogP contribution in [0.25, 0.3) is 0 Å². The topological polar surface area (TPSA) is 149 Å². The summed E-state index contributed by atoms with van der Waals surface area (Å²) in [6.07, 6.45) is 52.0. The molecule has 328 valence electrons. The van der Waals surface area contributed by atoms with Gasteiger partial charge in [-0.2, -0.15) is 0 Å². The van der Waals surface area contributed by atoms with Crippen molar-refractivity contribution >= 4 is 19.8 Å². The van der Waals surface area contributed by atoms with E-state index < -0.39 is 51.8 Å². The molecule has 0 aliphatic carbocycles. The van der Waals surface area contributed by atoms with Gasteiger partial charge in [-0.15, -0.1) is 0 Å². The molecule has 0 aromatic rings. The van der Waals surface area contributed by atoms with Crippen LogP contribution in [0.5, 0.6) is 0 Å². The van der Waals surface area contributed by atoms with Crippen LogP contribution in [0.2, 0.25) is 0 Å². The molecule has 0 spiro atoms. The summed E-state index contributed by atoms with van der Waals surface area (Å²) < 4.78 is 32.6. The minimum atomic E-state index is -4.64. The second kappa shape index (κ2) is 41.8. The molecule has 10 nitrogen and oxygen atoms in total. The number of ether oxygens (including phenoxy) is 2. The van der Waals surface area contributed by atoms with E-state index >= 15 is 0 Å². The molecule has 0 radical (unpaired) electrons. The van der Waals surface area contributed by atoms with Gasteiger partial charge in [0.05, 0.1) is 19.8 Å². The third kappa shape index (κ3) is 40.8. The third-order valence-electron chi connectivity index (χ3n) is 8.27. The maximum atomic E-state index is 12.6. The van der Waals surface area contributed by atoms with E-state index in [1.165, 1.54) is 0 Å². The number of aliphatic hydroxyl groups is 2. The molecule has 2 unspecified atom stereocenters. The van der Waals surface area contributed by atoms with Gasteiger partial charge in [-0.05, 0) is 77.0 Å². The highest BCUT2D eigenvalue weighted by Gasteiger charge is 2.27. The molecule has 58 heavy (non-hydrogen) atoms. The van der Waals surface area contributed by atoms with Crippen LogP contribution in [0.3, 0.4) is 0 Å². The monoisotopic (exact) mass is 831 g/mol. The normalized spacial score (nSPS) is 14.9. The van der Waals surface area contributed by atoms with Gasteiger partial charge < -0.3 is 24.6 Å². The number of hydrogen-bond donors (Lipinski definition) is 3. The fourth-order valence-corrected chi connectivity index (χ4v) is 5.82. The Labute approximate surface area is 350 Å². The average Bonchev–Trinajstić information content (AvgIpc) is 3.21. The van der Waals surface area contributed by atoms with Crippen LogP contribution < -0.4 is 0 Å². The van der Waals surface area contributed by atoms with Gasteiger partial charge in [-0.1, -0.05) is 155 Å². The zero-order valence-corrected chi connectivity index (χ0v) is 36.4. The van der Waals surface area contributed by atoms with Crippen LogP contribution >= 0.6 is 7.82 Å². The summed E-state index contributed by atoms with van der Waals surface area (Å²) in [5.41, 5.74) is 0. The highest BCUT2D eigenvalue weighted by Crippen LogP contribution is 2.43. The Morgan fingerprint density at radius 2 is 0.983 bits per heavy atom. The number of phosphoric acid groups is 1. The largest absolute Gasteiger partial charge is 0.472 e. The van der Waals surface area contributed by atoms with Gasteiger partial charge in [0.2, 0.25) is 0 Å². The molecule has 0 aliphatic rings. The van der Waals surface area contributed by atoms with Crippen molar-refractivity contribution in [1.82, 2.24) is 0 Å². The van der Waals surface area contributed by atoms with E-state index in [0.29, 0.717) is 12.8 Å². The summed E-state index contributed by atoms with van der Waals surface area (Å²) >= 11 is 0. The van der Waals surface area contributed by atoms with Crippen LogP contribution in [-0.4, -0.2) is 65.7 Å². The first-order valence-electron chi connectivity index (χ1n) is 21.4. The van der Waals surface area contributed by atoms with Crippen molar-refractivity contribution in [2.24, 2.45) is 0 Å². The van der Waals surface area contributed by atoms with E-state index in [1.54, 1.807) is 0 Å². The zero-order chi connectivity index (χ0) is 42.6. The fraction of sp³-hybridized carbons (Fsp3) is 0.574. The fourth-order valence-electron chi connectivity index (χ4n) is 5.03. The number of unbranched alkanes of at least 4 members (excludes halogenated alkanes) is 9. The summed E-state index contributed by atoms with van der Waals surface area (Å²) in [6, 6.07) is 0. The van der Waals surface area contributed by atoms with Gasteiger partial charge >= 0.3 is 19.8 Å². The lowest BCUT2D eigenvalue weighted by molar-refractivity contribution is -0.161. The summed E-state index contributed by atoms with van der Waals surface area (Å²) in [5.74, 6) is -1.00. The number of esters is 2. The number of allylic oxidation sites excluding steroid dienone is 18. The van der Waals surface area contributed by atoms with Crippen LogP contribution in [0, 0.1) is 0 Å². The average molecular weight is 831 g/mol. The highest BCUT2D eigenvalue weighted by atomic mass is 31.2. The van der Waals surface area contributed by atoms with Gasteiger partial charge in [0.15, 0.2) is 6.10 Å². The molecular weight excluding hydrogens is 755 g/mol. The molecule has 3 atom stereocenters. The van der Waals surface area contributed by atoms with Crippen molar-refractivity contribution in [2.75, 3.05) is 26.4 Å². The number of carbonyl (C=O) groups excluding carboxylic acids is 2. The molecule has 0 fully saturated rings. The lowest BCUT2D eigenvalue weighted by atomic mass is 10.1. The van der Waals surface area contributed by atoms with E-state index in [0.717, 1.165) is 96.3 Å². The maximum Gasteiger partial charge on any atom is 0.472 e. The first kappa shape index (κ1) is 54.6. The van der Waals surface area contributed by atoms with E-state index in [1.807, 2.05) is 36.5 Å². The first-order valence-corrected chi connectivity index (χ1v) is 22.9.